The molecule has 0 nitrogen and oxygen atoms in total. The molecule has 0 radical (unpaired) electrons. The van der Waals surface area contributed by atoms with Crippen molar-refractivity contribution in [2.45, 2.75) is 20.3 Å². The molecule has 1 aliphatic carbocycles. The lowest BCUT2D eigenvalue weighted by atomic mass is 9.88. The van der Waals surface area contributed by atoms with Crippen LogP contribution in [0, 0.1) is 13.8 Å². The third-order valence-electron chi connectivity index (χ3n) is 3.96. The second-order valence-electron chi connectivity index (χ2n) is 5.57. The van der Waals surface area contributed by atoms with Crippen LogP contribution in [-0.4, -0.2) is 0 Å². The highest BCUT2D eigenvalue weighted by Crippen LogP contribution is 2.32. The van der Waals surface area contributed by atoms with Crippen molar-refractivity contribution in [2.24, 2.45) is 0 Å². The van der Waals surface area contributed by atoms with Gasteiger partial charge in [-0.1, -0.05) is 78.4 Å². The molecule has 0 unspecified atom stereocenters. The van der Waals surface area contributed by atoms with Crippen molar-refractivity contribution >= 4 is 5.57 Å². The fourth-order valence-electron chi connectivity index (χ4n) is 2.79. The molecule has 1 aliphatic rings. The van der Waals surface area contributed by atoms with E-state index in [1.54, 1.807) is 0 Å². The van der Waals surface area contributed by atoms with E-state index >= 15 is 0 Å². The first-order chi connectivity index (χ1) is 10.3. The van der Waals surface area contributed by atoms with E-state index in [0.717, 1.165) is 6.42 Å². The van der Waals surface area contributed by atoms with Crippen molar-refractivity contribution < 1.29 is 0 Å². The van der Waals surface area contributed by atoms with Crippen molar-refractivity contribution in [2.75, 3.05) is 0 Å². The molecule has 104 valence electrons. The van der Waals surface area contributed by atoms with E-state index in [1.165, 1.54) is 33.4 Å². The SMILES string of the molecule is Cc1ccc(/C(=C2\C=CC=CC2)c2ccccc2C)cc1. The quantitative estimate of drug-likeness (QED) is 0.665. The molecule has 0 saturated heterocycles. The number of benzene rings is 2. The first-order valence-corrected chi connectivity index (χ1v) is 7.45. The molecule has 0 aliphatic heterocycles. The van der Waals surface area contributed by atoms with Crippen LogP contribution in [0.15, 0.2) is 78.4 Å². The molecule has 0 N–H and O–H groups in total. The summed E-state index contributed by atoms with van der Waals surface area (Å²) in [5.41, 5.74) is 7.99. The van der Waals surface area contributed by atoms with Gasteiger partial charge in [-0.2, -0.15) is 0 Å². The third kappa shape index (κ3) is 2.90. The lowest BCUT2D eigenvalue weighted by molar-refractivity contribution is 1.25. The van der Waals surface area contributed by atoms with E-state index in [9.17, 15) is 0 Å². The van der Waals surface area contributed by atoms with Gasteiger partial charge in [0, 0.05) is 0 Å². The second kappa shape index (κ2) is 5.97. The zero-order valence-electron chi connectivity index (χ0n) is 12.6. The Morgan fingerprint density at radius 3 is 2.29 bits per heavy atom. The van der Waals surface area contributed by atoms with E-state index in [4.69, 9.17) is 0 Å². The van der Waals surface area contributed by atoms with Crippen LogP contribution >= 0.6 is 0 Å². The Morgan fingerprint density at radius 1 is 0.857 bits per heavy atom. The summed E-state index contributed by atoms with van der Waals surface area (Å²) in [6.07, 6.45) is 9.71. The van der Waals surface area contributed by atoms with Crippen LogP contribution in [0.4, 0.5) is 0 Å². The Balaban J connectivity index is 2.21. The summed E-state index contributed by atoms with van der Waals surface area (Å²) in [4.78, 5) is 0. The van der Waals surface area contributed by atoms with E-state index < -0.39 is 0 Å². The van der Waals surface area contributed by atoms with Crippen molar-refractivity contribution in [1.82, 2.24) is 0 Å². The third-order valence-corrected chi connectivity index (χ3v) is 3.96. The number of hydrogen-bond donors (Lipinski definition) is 0. The van der Waals surface area contributed by atoms with Crippen molar-refractivity contribution in [1.29, 1.82) is 0 Å². The molecule has 2 aromatic rings. The highest BCUT2D eigenvalue weighted by Gasteiger charge is 2.12. The van der Waals surface area contributed by atoms with Gasteiger partial charge in [0.25, 0.3) is 0 Å². The summed E-state index contributed by atoms with van der Waals surface area (Å²) in [5.74, 6) is 0. The molecule has 0 saturated carbocycles. The topological polar surface area (TPSA) is 0 Å². The smallest absolute Gasteiger partial charge is 0.00735 e. The van der Waals surface area contributed by atoms with Crippen LogP contribution in [-0.2, 0) is 0 Å². The fraction of sp³-hybridized carbons (Fsp3) is 0.143. The monoisotopic (exact) mass is 272 g/mol. The van der Waals surface area contributed by atoms with E-state index in [1.807, 2.05) is 0 Å². The first kappa shape index (κ1) is 13.6. The van der Waals surface area contributed by atoms with E-state index in [0.29, 0.717) is 0 Å². The highest BCUT2D eigenvalue weighted by molar-refractivity contribution is 5.85. The predicted octanol–water partition coefficient (Wildman–Crippen LogP) is 5.62. The van der Waals surface area contributed by atoms with E-state index in [-0.39, 0.29) is 0 Å². The minimum Gasteiger partial charge on any atom is -0.0801 e. The Hall–Kier alpha value is -2.34. The zero-order chi connectivity index (χ0) is 14.7. The number of aryl methyl sites for hydroxylation is 2. The zero-order valence-corrected chi connectivity index (χ0v) is 12.6. The van der Waals surface area contributed by atoms with Gasteiger partial charge in [0.15, 0.2) is 0 Å². The molecule has 0 spiro atoms. The average molecular weight is 272 g/mol. The minimum absolute atomic E-state index is 0.994. The number of hydrogen-bond acceptors (Lipinski definition) is 0. The van der Waals surface area contributed by atoms with Gasteiger partial charge in [-0.3, -0.25) is 0 Å². The van der Waals surface area contributed by atoms with Crippen LogP contribution in [0.25, 0.3) is 5.57 Å². The van der Waals surface area contributed by atoms with Gasteiger partial charge in [0.05, 0.1) is 0 Å². The maximum Gasteiger partial charge on any atom is -0.00735 e. The Kier molecular flexibility index (Phi) is 3.87. The van der Waals surface area contributed by atoms with Crippen molar-refractivity contribution in [3.63, 3.8) is 0 Å². The summed E-state index contributed by atoms with van der Waals surface area (Å²) in [7, 11) is 0. The normalized spacial score (nSPS) is 16.1. The maximum atomic E-state index is 2.24. The summed E-state index contributed by atoms with van der Waals surface area (Å²) >= 11 is 0. The standard InChI is InChI=1S/C21H20/c1-16-12-14-19(15-13-16)21(18-9-4-3-5-10-18)20-11-7-6-8-17(20)2/h3-9,11-15H,10H2,1-2H3/b21-18-. The van der Waals surface area contributed by atoms with Gasteiger partial charge in [-0.15, -0.1) is 0 Å². The molecule has 0 fully saturated rings. The molecule has 0 bridgehead atoms. The molecular formula is C21H20. The van der Waals surface area contributed by atoms with Crippen molar-refractivity contribution in [3.8, 4) is 0 Å². The molecule has 0 heteroatoms. The number of rotatable bonds is 2. The Labute approximate surface area is 127 Å². The van der Waals surface area contributed by atoms with Crippen LogP contribution in [0.5, 0.6) is 0 Å². The lowest BCUT2D eigenvalue weighted by Gasteiger charge is -2.17. The first-order valence-electron chi connectivity index (χ1n) is 7.45. The Morgan fingerprint density at radius 2 is 1.62 bits per heavy atom. The molecular weight excluding hydrogens is 252 g/mol. The highest BCUT2D eigenvalue weighted by atomic mass is 14.2. The molecule has 2 aromatic carbocycles. The van der Waals surface area contributed by atoms with Gasteiger partial charge in [-0.05, 0) is 48.1 Å². The summed E-state index contributed by atoms with van der Waals surface area (Å²) < 4.78 is 0. The lowest BCUT2D eigenvalue weighted by Crippen LogP contribution is -1.97. The van der Waals surface area contributed by atoms with Crippen molar-refractivity contribution in [3.05, 3.63) is 101 Å². The molecule has 21 heavy (non-hydrogen) atoms. The molecule has 0 heterocycles. The van der Waals surface area contributed by atoms with Crippen LogP contribution < -0.4 is 0 Å². The van der Waals surface area contributed by atoms with Crippen LogP contribution in [0.3, 0.4) is 0 Å². The second-order valence-corrected chi connectivity index (χ2v) is 5.57. The number of allylic oxidation sites excluding steroid dienone is 5. The van der Waals surface area contributed by atoms with Gasteiger partial charge in [-0.25, -0.2) is 0 Å². The van der Waals surface area contributed by atoms with Gasteiger partial charge >= 0.3 is 0 Å². The minimum atomic E-state index is 0.994. The molecule has 0 amide bonds. The van der Waals surface area contributed by atoms with Gasteiger partial charge < -0.3 is 0 Å². The summed E-state index contributed by atoms with van der Waals surface area (Å²) in [5, 5.41) is 0. The maximum absolute atomic E-state index is 2.24. The molecule has 0 atom stereocenters. The molecule has 3 rings (SSSR count). The van der Waals surface area contributed by atoms with Gasteiger partial charge in [0.1, 0.15) is 0 Å². The largest absolute Gasteiger partial charge is 0.0801 e. The summed E-state index contributed by atoms with van der Waals surface area (Å²) in [6.45, 7) is 4.32. The van der Waals surface area contributed by atoms with Crippen LogP contribution in [0.2, 0.25) is 0 Å². The van der Waals surface area contributed by atoms with E-state index in [2.05, 4.69) is 86.7 Å². The average Bonchev–Trinajstić information content (AvgIpc) is 2.52. The summed E-state index contributed by atoms with van der Waals surface area (Å²) in [6, 6.07) is 17.5. The Bertz CT molecular complexity index is 725. The van der Waals surface area contributed by atoms with Gasteiger partial charge in [0.2, 0.25) is 0 Å². The van der Waals surface area contributed by atoms with Crippen LogP contribution in [0.1, 0.15) is 28.7 Å². The molecule has 0 aromatic heterocycles. The predicted molar refractivity (Wildman–Crippen MR) is 91.3 cm³/mol. The fourth-order valence-corrected chi connectivity index (χ4v) is 2.79.